The first-order valence-electron chi connectivity index (χ1n) is 16.1. The zero-order chi connectivity index (χ0) is 34.1. The minimum atomic E-state index is -4.15. The third kappa shape index (κ3) is 6.75. The third-order valence-electron chi connectivity index (χ3n) is 9.09. The van der Waals surface area contributed by atoms with E-state index in [0.29, 0.717) is 62.4 Å². The largest absolute Gasteiger partial charge is 0.487 e. The van der Waals surface area contributed by atoms with Gasteiger partial charge in [0.15, 0.2) is 0 Å². The fourth-order valence-electron chi connectivity index (χ4n) is 6.58. The van der Waals surface area contributed by atoms with Crippen LogP contribution >= 0.6 is 23.2 Å². The lowest BCUT2D eigenvalue weighted by atomic mass is 10.1. The van der Waals surface area contributed by atoms with Crippen LogP contribution in [0.2, 0.25) is 10.0 Å². The fraction of sp³-hybridized carbons (Fsp3) is 0.314. The highest BCUT2D eigenvalue weighted by molar-refractivity contribution is 7.89. The number of amides is 1. The Morgan fingerprint density at radius 3 is 2.59 bits per heavy atom. The predicted molar refractivity (Wildman–Crippen MR) is 187 cm³/mol. The summed E-state index contributed by atoms with van der Waals surface area (Å²) in [6.07, 6.45) is 8.08. The molecule has 3 aromatic heterocycles. The molecule has 11 nitrogen and oxygen atoms in total. The molecule has 0 aliphatic carbocycles. The molecule has 2 aromatic carbocycles. The maximum atomic E-state index is 14.2. The zero-order valence-corrected chi connectivity index (χ0v) is 29.2. The molecule has 0 spiro atoms. The van der Waals surface area contributed by atoms with E-state index >= 15 is 0 Å². The van der Waals surface area contributed by atoms with Crippen LogP contribution in [0.1, 0.15) is 29.8 Å². The molecule has 0 radical (unpaired) electrons. The normalized spacial score (nSPS) is 17.5. The van der Waals surface area contributed by atoms with Gasteiger partial charge in [0.25, 0.3) is 0 Å². The Balaban J connectivity index is 1.08. The third-order valence-corrected chi connectivity index (χ3v) is 11.9. The van der Waals surface area contributed by atoms with Crippen LogP contribution in [0.4, 0.5) is 0 Å². The number of imidazole rings is 1. The summed E-state index contributed by atoms with van der Waals surface area (Å²) >= 11 is 13.4. The number of benzene rings is 2. The molecule has 2 fully saturated rings. The average molecular weight is 721 g/mol. The number of halogens is 2. The molecule has 0 N–H and O–H groups in total. The number of pyridine rings is 2. The molecular formula is C35H35Cl2N7O4S. The van der Waals surface area contributed by atoms with Crippen molar-refractivity contribution in [2.24, 2.45) is 0 Å². The monoisotopic (exact) mass is 719 g/mol. The summed E-state index contributed by atoms with van der Waals surface area (Å²) in [5, 5.41) is 1.09. The Labute approximate surface area is 295 Å². The molecule has 254 valence electrons. The van der Waals surface area contributed by atoms with E-state index in [0.717, 1.165) is 22.5 Å². The van der Waals surface area contributed by atoms with Crippen LogP contribution in [0.25, 0.3) is 16.6 Å². The summed E-state index contributed by atoms with van der Waals surface area (Å²) in [5.74, 6) is 0.314. The molecular weight excluding hydrogens is 685 g/mol. The molecule has 0 saturated carbocycles. The van der Waals surface area contributed by atoms with Crippen LogP contribution in [-0.2, 0) is 28.0 Å². The zero-order valence-electron chi connectivity index (χ0n) is 26.9. The number of nitrogens with zero attached hydrogens (tertiary/aromatic N) is 7. The minimum Gasteiger partial charge on any atom is -0.487 e. The summed E-state index contributed by atoms with van der Waals surface area (Å²) in [6, 6.07) is 15.5. The van der Waals surface area contributed by atoms with Crippen molar-refractivity contribution < 1.29 is 17.9 Å². The standard InChI is InChI=1S/C35H35Cl2N7O4S/c1-24-20-30(43-15-13-38-23-43)26-7-4-9-31(34(26)40-24)48-22-27-28(36)10-11-32(33(27)37)49(46,47)44-14-5-8-29(44)35(45)42-18-16-41(17-19-42)21-25-6-2-3-12-39-25/h2-4,6-7,9-13,15,20,23,29H,5,8,14,16-19,21-22H2,1H3/t29-/m0/s1. The van der Waals surface area contributed by atoms with Crippen LogP contribution in [0.5, 0.6) is 5.75 Å². The highest BCUT2D eigenvalue weighted by Gasteiger charge is 2.42. The number of hydrogen-bond acceptors (Lipinski definition) is 8. The lowest BCUT2D eigenvalue weighted by molar-refractivity contribution is -0.136. The van der Waals surface area contributed by atoms with Crippen molar-refractivity contribution >= 4 is 50.0 Å². The van der Waals surface area contributed by atoms with Crippen LogP contribution < -0.4 is 4.74 Å². The van der Waals surface area contributed by atoms with Crippen LogP contribution in [-0.4, -0.2) is 86.7 Å². The van der Waals surface area contributed by atoms with E-state index in [-0.39, 0.29) is 34.0 Å². The summed E-state index contributed by atoms with van der Waals surface area (Å²) in [7, 11) is -4.15. The van der Waals surface area contributed by atoms with Crippen molar-refractivity contribution in [3.63, 3.8) is 0 Å². The maximum absolute atomic E-state index is 14.2. The second kappa shape index (κ2) is 14.0. The number of piperazine rings is 1. The lowest BCUT2D eigenvalue weighted by Gasteiger charge is -2.37. The topological polar surface area (TPSA) is 114 Å². The number of hydrogen-bond donors (Lipinski definition) is 0. The average Bonchev–Trinajstić information content (AvgIpc) is 3.82. The molecule has 2 aliphatic rings. The van der Waals surface area contributed by atoms with Gasteiger partial charge in [-0.3, -0.25) is 14.7 Å². The van der Waals surface area contributed by atoms with Gasteiger partial charge in [0, 0.05) is 79.5 Å². The van der Waals surface area contributed by atoms with Gasteiger partial charge in [0.05, 0.1) is 22.7 Å². The predicted octanol–water partition coefficient (Wildman–Crippen LogP) is 5.51. The van der Waals surface area contributed by atoms with E-state index in [4.69, 9.17) is 32.9 Å². The smallest absolute Gasteiger partial charge is 0.245 e. The molecule has 2 saturated heterocycles. The molecule has 0 bridgehead atoms. The van der Waals surface area contributed by atoms with Crippen molar-refractivity contribution in [2.75, 3.05) is 32.7 Å². The lowest BCUT2D eigenvalue weighted by Crippen LogP contribution is -2.54. The molecule has 49 heavy (non-hydrogen) atoms. The van der Waals surface area contributed by atoms with E-state index in [2.05, 4.69) is 14.9 Å². The van der Waals surface area contributed by atoms with Gasteiger partial charge in [-0.05, 0) is 56.2 Å². The van der Waals surface area contributed by atoms with E-state index in [1.807, 2.05) is 54.1 Å². The van der Waals surface area contributed by atoms with Gasteiger partial charge in [-0.1, -0.05) is 41.4 Å². The molecule has 1 amide bonds. The summed E-state index contributed by atoms with van der Waals surface area (Å²) in [6.45, 7) is 5.15. The Morgan fingerprint density at radius 2 is 1.84 bits per heavy atom. The number of rotatable bonds is 9. The van der Waals surface area contributed by atoms with Crippen molar-refractivity contribution in [3.8, 4) is 11.4 Å². The van der Waals surface area contributed by atoms with E-state index in [1.165, 1.54) is 16.4 Å². The minimum absolute atomic E-state index is 0.0304. The number of carbonyl (C=O) groups is 1. The Hall–Kier alpha value is -4.07. The number of sulfonamides is 1. The van der Waals surface area contributed by atoms with Crippen molar-refractivity contribution in [3.05, 3.63) is 107 Å². The molecule has 14 heteroatoms. The van der Waals surface area contributed by atoms with Gasteiger partial charge in [0.1, 0.15) is 28.8 Å². The van der Waals surface area contributed by atoms with E-state index in [9.17, 15) is 13.2 Å². The highest BCUT2D eigenvalue weighted by Crippen LogP contribution is 2.37. The number of aromatic nitrogens is 4. The molecule has 5 aromatic rings. The van der Waals surface area contributed by atoms with E-state index in [1.54, 1.807) is 29.7 Å². The van der Waals surface area contributed by atoms with Gasteiger partial charge >= 0.3 is 0 Å². The number of carbonyl (C=O) groups excluding carboxylic acids is 1. The highest BCUT2D eigenvalue weighted by atomic mass is 35.5. The van der Waals surface area contributed by atoms with E-state index < -0.39 is 16.1 Å². The first kappa shape index (κ1) is 33.4. The first-order valence-corrected chi connectivity index (χ1v) is 18.3. The molecule has 2 aliphatic heterocycles. The SMILES string of the molecule is Cc1cc(-n2ccnc2)c2cccc(OCc3c(Cl)ccc(S(=O)(=O)N4CCC[C@H]4C(=O)N4CCN(Cc5ccccn5)CC4)c3Cl)c2n1. The summed E-state index contributed by atoms with van der Waals surface area (Å²) < 4.78 is 37.8. The number of para-hydroxylation sites is 1. The van der Waals surface area contributed by atoms with Gasteiger partial charge < -0.3 is 14.2 Å². The van der Waals surface area contributed by atoms with Crippen molar-refractivity contribution in [1.82, 2.24) is 33.6 Å². The van der Waals surface area contributed by atoms with Gasteiger partial charge in [-0.2, -0.15) is 4.31 Å². The summed E-state index contributed by atoms with van der Waals surface area (Å²) in [4.78, 5) is 31.0. The molecule has 0 unspecified atom stereocenters. The second-order valence-electron chi connectivity index (χ2n) is 12.2. The second-order valence-corrected chi connectivity index (χ2v) is 14.9. The molecule has 5 heterocycles. The Morgan fingerprint density at radius 1 is 1.00 bits per heavy atom. The van der Waals surface area contributed by atoms with Crippen LogP contribution in [0, 0.1) is 6.92 Å². The Kier molecular flexibility index (Phi) is 9.58. The van der Waals surface area contributed by atoms with Crippen molar-refractivity contribution in [2.45, 2.75) is 43.9 Å². The molecule has 7 rings (SSSR count). The maximum Gasteiger partial charge on any atom is 0.245 e. The van der Waals surface area contributed by atoms with Gasteiger partial charge in [-0.25, -0.2) is 18.4 Å². The van der Waals surface area contributed by atoms with Gasteiger partial charge in [0.2, 0.25) is 15.9 Å². The van der Waals surface area contributed by atoms with Crippen LogP contribution in [0.3, 0.4) is 0 Å². The number of ether oxygens (including phenoxy) is 1. The quantitative estimate of drug-likeness (QED) is 0.196. The Bertz CT molecular complexity index is 2090. The molecule has 1 atom stereocenters. The summed E-state index contributed by atoms with van der Waals surface area (Å²) in [5.41, 5.74) is 3.63. The first-order chi connectivity index (χ1) is 23.7. The van der Waals surface area contributed by atoms with Crippen LogP contribution in [0.15, 0.2) is 84.4 Å². The fourth-order valence-corrected chi connectivity index (χ4v) is 9.09. The van der Waals surface area contributed by atoms with Gasteiger partial charge in [-0.15, -0.1) is 0 Å². The number of aryl methyl sites for hydroxylation is 1. The number of fused-ring (bicyclic) bond motifs is 1. The van der Waals surface area contributed by atoms with Crippen molar-refractivity contribution in [1.29, 1.82) is 0 Å².